The summed E-state index contributed by atoms with van der Waals surface area (Å²) in [5.41, 5.74) is 7.57. The molecule has 0 radical (unpaired) electrons. The van der Waals surface area contributed by atoms with E-state index in [0.29, 0.717) is 6.61 Å². The van der Waals surface area contributed by atoms with Gasteiger partial charge in [0, 0.05) is 24.8 Å². The lowest BCUT2D eigenvalue weighted by molar-refractivity contribution is -0.0404. The average molecular weight is 236 g/mol. The minimum absolute atomic E-state index is 0.148. The van der Waals surface area contributed by atoms with Gasteiger partial charge in [-0.25, -0.2) is 0 Å². The number of anilines is 1. The van der Waals surface area contributed by atoms with Crippen molar-refractivity contribution < 1.29 is 9.47 Å². The second-order valence-corrected chi connectivity index (χ2v) is 4.59. The quantitative estimate of drug-likeness (QED) is 0.803. The van der Waals surface area contributed by atoms with Gasteiger partial charge in [0.15, 0.2) is 0 Å². The number of nitrogens with two attached hydrogens (primary N) is 1. The second-order valence-electron chi connectivity index (χ2n) is 4.59. The third-order valence-electron chi connectivity index (χ3n) is 2.98. The Morgan fingerprint density at radius 3 is 3.12 bits per heavy atom. The molecular formula is C13H20N2O2. The number of aryl methyl sites for hydroxylation is 1. The first-order chi connectivity index (χ1) is 8.15. The Morgan fingerprint density at radius 1 is 1.53 bits per heavy atom. The Bertz CT molecular complexity index is 382. The van der Waals surface area contributed by atoms with Crippen LogP contribution in [0.3, 0.4) is 0 Å². The van der Waals surface area contributed by atoms with Gasteiger partial charge in [-0.2, -0.15) is 0 Å². The highest BCUT2D eigenvalue weighted by molar-refractivity contribution is 5.47. The number of rotatable bonds is 3. The van der Waals surface area contributed by atoms with Gasteiger partial charge in [-0.15, -0.1) is 0 Å². The first kappa shape index (κ1) is 12.2. The molecule has 1 heterocycles. The van der Waals surface area contributed by atoms with Crippen LogP contribution in [0.2, 0.25) is 0 Å². The molecule has 0 saturated carbocycles. The SMILES string of the molecule is Cc1ccc(N)cc1OCC1CN(C)CCO1. The normalized spacial score (nSPS) is 21.4. The minimum Gasteiger partial charge on any atom is -0.490 e. The molecule has 2 rings (SSSR count). The van der Waals surface area contributed by atoms with Crippen LogP contribution in [0.5, 0.6) is 5.75 Å². The summed E-state index contributed by atoms with van der Waals surface area (Å²) in [4.78, 5) is 2.25. The zero-order valence-corrected chi connectivity index (χ0v) is 10.5. The highest BCUT2D eigenvalue weighted by Gasteiger charge is 2.18. The van der Waals surface area contributed by atoms with Crippen molar-refractivity contribution in [2.75, 3.05) is 39.1 Å². The largest absolute Gasteiger partial charge is 0.490 e. The van der Waals surface area contributed by atoms with Crippen LogP contribution in [0, 0.1) is 6.92 Å². The third kappa shape index (κ3) is 3.35. The summed E-state index contributed by atoms with van der Waals surface area (Å²) in [7, 11) is 2.10. The van der Waals surface area contributed by atoms with Gasteiger partial charge in [0.2, 0.25) is 0 Å². The Kier molecular flexibility index (Phi) is 3.86. The summed E-state index contributed by atoms with van der Waals surface area (Å²) in [6.45, 7) is 5.28. The van der Waals surface area contributed by atoms with Crippen molar-refractivity contribution in [1.29, 1.82) is 0 Å². The maximum Gasteiger partial charge on any atom is 0.124 e. The number of hydrogen-bond acceptors (Lipinski definition) is 4. The highest BCUT2D eigenvalue weighted by Crippen LogP contribution is 2.21. The van der Waals surface area contributed by atoms with Crippen LogP contribution in [-0.4, -0.2) is 44.4 Å². The fourth-order valence-corrected chi connectivity index (χ4v) is 1.92. The molecule has 0 bridgehead atoms. The van der Waals surface area contributed by atoms with E-state index in [-0.39, 0.29) is 6.10 Å². The van der Waals surface area contributed by atoms with Gasteiger partial charge in [0.05, 0.1) is 6.61 Å². The predicted molar refractivity (Wildman–Crippen MR) is 68.3 cm³/mol. The van der Waals surface area contributed by atoms with Crippen molar-refractivity contribution in [3.8, 4) is 5.75 Å². The molecular weight excluding hydrogens is 216 g/mol. The Balaban J connectivity index is 1.90. The van der Waals surface area contributed by atoms with Crippen molar-refractivity contribution in [2.24, 2.45) is 0 Å². The fraction of sp³-hybridized carbons (Fsp3) is 0.538. The lowest BCUT2D eigenvalue weighted by Crippen LogP contribution is -2.42. The van der Waals surface area contributed by atoms with E-state index in [1.54, 1.807) is 0 Å². The van der Waals surface area contributed by atoms with Gasteiger partial charge in [-0.3, -0.25) is 0 Å². The van der Waals surface area contributed by atoms with Gasteiger partial charge < -0.3 is 20.1 Å². The van der Waals surface area contributed by atoms with Crippen molar-refractivity contribution in [1.82, 2.24) is 4.90 Å². The van der Waals surface area contributed by atoms with Crippen LogP contribution in [0.15, 0.2) is 18.2 Å². The van der Waals surface area contributed by atoms with E-state index in [0.717, 1.165) is 36.7 Å². The van der Waals surface area contributed by atoms with E-state index in [1.165, 1.54) is 0 Å². The molecule has 1 unspecified atom stereocenters. The maximum atomic E-state index is 5.77. The van der Waals surface area contributed by atoms with Gasteiger partial charge in [0.25, 0.3) is 0 Å². The number of hydrogen-bond donors (Lipinski definition) is 1. The van der Waals surface area contributed by atoms with Crippen LogP contribution in [0.4, 0.5) is 5.69 Å². The molecule has 0 spiro atoms. The first-order valence-electron chi connectivity index (χ1n) is 5.94. The lowest BCUT2D eigenvalue weighted by Gasteiger charge is -2.30. The molecule has 0 amide bonds. The van der Waals surface area contributed by atoms with Crippen molar-refractivity contribution in [3.05, 3.63) is 23.8 Å². The molecule has 94 valence electrons. The number of ether oxygens (including phenoxy) is 2. The fourth-order valence-electron chi connectivity index (χ4n) is 1.92. The van der Waals surface area contributed by atoms with E-state index in [9.17, 15) is 0 Å². The van der Waals surface area contributed by atoms with Crippen LogP contribution >= 0.6 is 0 Å². The predicted octanol–water partition coefficient (Wildman–Crippen LogP) is 1.29. The summed E-state index contributed by atoms with van der Waals surface area (Å²) in [6.07, 6.45) is 0.148. The molecule has 4 nitrogen and oxygen atoms in total. The Labute approximate surface area is 102 Å². The summed E-state index contributed by atoms with van der Waals surface area (Å²) in [6, 6.07) is 5.72. The topological polar surface area (TPSA) is 47.7 Å². The molecule has 1 aromatic rings. The zero-order valence-electron chi connectivity index (χ0n) is 10.5. The van der Waals surface area contributed by atoms with Crippen LogP contribution in [0.1, 0.15) is 5.56 Å². The van der Waals surface area contributed by atoms with Gasteiger partial charge in [0.1, 0.15) is 18.5 Å². The standard InChI is InChI=1S/C13H20N2O2/c1-10-3-4-11(14)7-13(10)17-9-12-8-15(2)5-6-16-12/h3-4,7,12H,5-6,8-9,14H2,1-2H3. The number of benzene rings is 1. The Morgan fingerprint density at radius 2 is 2.35 bits per heavy atom. The monoisotopic (exact) mass is 236 g/mol. The zero-order chi connectivity index (χ0) is 12.3. The van der Waals surface area contributed by atoms with E-state index in [1.807, 2.05) is 25.1 Å². The third-order valence-corrected chi connectivity index (χ3v) is 2.98. The van der Waals surface area contributed by atoms with E-state index in [2.05, 4.69) is 11.9 Å². The first-order valence-corrected chi connectivity index (χ1v) is 5.94. The van der Waals surface area contributed by atoms with Crippen LogP contribution in [-0.2, 0) is 4.74 Å². The maximum absolute atomic E-state index is 5.77. The van der Waals surface area contributed by atoms with E-state index in [4.69, 9.17) is 15.2 Å². The van der Waals surface area contributed by atoms with E-state index >= 15 is 0 Å². The average Bonchev–Trinajstić information content (AvgIpc) is 2.30. The lowest BCUT2D eigenvalue weighted by atomic mass is 10.2. The van der Waals surface area contributed by atoms with E-state index < -0.39 is 0 Å². The number of nitrogens with zero attached hydrogens (tertiary/aromatic N) is 1. The summed E-state index contributed by atoms with van der Waals surface area (Å²) in [5, 5.41) is 0. The number of morpholine rings is 1. The molecule has 1 fully saturated rings. The molecule has 2 N–H and O–H groups in total. The summed E-state index contributed by atoms with van der Waals surface area (Å²) in [5.74, 6) is 0.849. The molecule has 1 saturated heterocycles. The number of likely N-dealkylation sites (N-methyl/N-ethyl adjacent to an activating group) is 1. The smallest absolute Gasteiger partial charge is 0.124 e. The summed E-state index contributed by atoms with van der Waals surface area (Å²) < 4.78 is 11.4. The molecule has 1 atom stereocenters. The molecule has 1 aliphatic rings. The minimum atomic E-state index is 0.148. The Hall–Kier alpha value is -1.26. The molecule has 1 aromatic carbocycles. The highest BCUT2D eigenvalue weighted by atomic mass is 16.5. The molecule has 1 aliphatic heterocycles. The number of nitrogen functional groups attached to an aromatic ring is 1. The van der Waals surface area contributed by atoms with Crippen molar-refractivity contribution in [3.63, 3.8) is 0 Å². The molecule has 0 aromatic heterocycles. The molecule has 0 aliphatic carbocycles. The second kappa shape index (κ2) is 5.38. The molecule has 17 heavy (non-hydrogen) atoms. The van der Waals surface area contributed by atoms with Crippen molar-refractivity contribution >= 4 is 5.69 Å². The van der Waals surface area contributed by atoms with Gasteiger partial charge >= 0.3 is 0 Å². The van der Waals surface area contributed by atoms with Crippen LogP contribution in [0.25, 0.3) is 0 Å². The van der Waals surface area contributed by atoms with Crippen LogP contribution < -0.4 is 10.5 Å². The van der Waals surface area contributed by atoms with Gasteiger partial charge in [-0.05, 0) is 25.6 Å². The summed E-state index contributed by atoms with van der Waals surface area (Å²) >= 11 is 0. The van der Waals surface area contributed by atoms with Gasteiger partial charge in [-0.1, -0.05) is 6.07 Å². The molecule has 4 heteroatoms. The van der Waals surface area contributed by atoms with Crippen molar-refractivity contribution in [2.45, 2.75) is 13.0 Å².